The molecule has 8 nitrogen and oxygen atoms in total. The van der Waals surface area contributed by atoms with E-state index in [4.69, 9.17) is 17.6 Å². The summed E-state index contributed by atoms with van der Waals surface area (Å²) < 4.78 is 7.22. The number of carbonyl (C=O) groups excluding carboxylic acids is 1. The van der Waals surface area contributed by atoms with Crippen molar-refractivity contribution < 1.29 is 9.53 Å². The third kappa shape index (κ3) is 4.88. The lowest BCUT2D eigenvalue weighted by Gasteiger charge is -2.31. The maximum atomic E-state index is 12.5. The van der Waals surface area contributed by atoms with E-state index in [1.807, 2.05) is 54.7 Å². The fourth-order valence-corrected chi connectivity index (χ4v) is 4.20. The monoisotopic (exact) mass is 452 g/mol. The van der Waals surface area contributed by atoms with E-state index in [1.165, 1.54) is 0 Å². The number of nitrogens with zero attached hydrogens (tertiary/aromatic N) is 5. The summed E-state index contributed by atoms with van der Waals surface area (Å²) in [6.07, 6.45) is 6.54. The van der Waals surface area contributed by atoms with E-state index in [9.17, 15) is 4.79 Å². The van der Waals surface area contributed by atoms with E-state index in [0.29, 0.717) is 30.7 Å². The van der Waals surface area contributed by atoms with Crippen LogP contribution < -0.4 is 10.8 Å². The highest BCUT2D eigenvalue weighted by Gasteiger charge is 2.26. The summed E-state index contributed by atoms with van der Waals surface area (Å²) in [5.41, 5.74) is 4.17. The Morgan fingerprint density at radius 1 is 1.09 bits per heavy atom. The van der Waals surface area contributed by atoms with E-state index < -0.39 is 0 Å². The Kier molecular flexibility index (Phi) is 6.42. The summed E-state index contributed by atoms with van der Waals surface area (Å²) in [6.45, 7) is 2.14. The number of nitrogens with one attached hydrogen (secondary N) is 1. The Morgan fingerprint density at radius 3 is 2.65 bits per heavy atom. The molecule has 5 rings (SSSR count). The molecule has 0 bridgehead atoms. The summed E-state index contributed by atoms with van der Waals surface area (Å²) >= 11 is 0. The first kappa shape index (κ1) is 21.9. The van der Waals surface area contributed by atoms with E-state index in [0.717, 1.165) is 35.5 Å². The van der Waals surface area contributed by atoms with Crippen molar-refractivity contribution in [1.82, 2.24) is 24.5 Å². The van der Waals surface area contributed by atoms with Crippen LogP contribution in [-0.4, -0.2) is 51.5 Å². The number of benzene rings is 1. The van der Waals surface area contributed by atoms with Gasteiger partial charge in [0.25, 0.3) is 0 Å². The number of piperidine rings is 1. The molecule has 1 saturated heterocycles. The second-order valence-electron chi connectivity index (χ2n) is 8.42. The number of ether oxygens (including phenoxy) is 1. The van der Waals surface area contributed by atoms with Crippen molar-refractivity contribution in [2.45, 2.75) is 31.9 Å². The minimum atomic E-state index is -0.274. The number of fused-ring (bicyclic) bond motifs is 1. The Labute approximate surface area is 199 Å². The molecule has 1 aliphatic heterocycles. The van der Waals surface area contributed by atoms with Crippen LogP contribution in [-0.2, 0) is 17.9 Å². The molecular formula is C25H25BN6O2. The van der Waals surface area contributed by atoms with Gasteiger partial charge in [-0.15, -0.1) is 0 Å². The van der Waals surface area contributed by atoms with E-state index in [1.54, 1.807) is 21.8 Å². The van der Waals surface area contributed by atoms with Crippen molar-refractivity contribution in [2.75, 3.05) is 18.4 Å². The average molecular weight is 452 g/mol. The molecule has 0 atom stereocenters. The lowest BCUT2D eigenvalue weighted by atomic mass is 9.93. The summed E-state index contributed by atoms with van der Waals surface area (Å²) in [5.74, 6) is 1.04. The van der Waals surface area contributed by atoms with Gasteiger partial charge in [0.2, 0.25) is 0 Å². The van der Waals surface area contributed by atoms with Gasteiger partial charge in [-0.05, 0) is 35.5 Å². The largest absolute Gasteiger partial charge is 0.445 e. The van der Waals surface area contributed by atoms with Gasteiger partial charge < -0.3 is 15.0 Å². The number of aromatic nitrogens is 4. The van der Waals surface area contributed by atoms with Gasteiger partial charge in [-0.1, -0.05) is 36.4 Å². The maximum absolute atomic E-state index is 12.5. The predicted octanol–water partition coefficient (Wildman–Crippen LogP) is 3.05. The van der Waals surface area contributed by atoms with Crippen molar-refractivity contribution in [1.29, 1.82) is 0 Å². The summed E-state index contributed by atoms with van der Waals surface area (Å²) in [5, 5.41) is 7.82. The molecule has 170 valence electrons. The minimum Gasteiger partial charge on any atom is -0.445 e. The van der Waals surface area contributed by atoms with Crippen LogP contribution in [0.25, 0.3) is 5.65 Å². The van der Waals surface area contributed by atoms with Gasteiger partial charge in [0.15, 0.2) is 0 Å². The molecule has 34 heavy (non-hydrogen) atoms. The molecule has 1 N–H and O–H groups in total. The highest BCUT2D eigenvalue weighted by molar-refractivity contribution is 6.36. The molecular weight excluding hydrogens is 427 g/mol. The predicted molar refractivity (Wildman–Crippen MR) is 130 cm³/mol. The van der Waals surface area contributed by atoms with E-state index in [-0.39, 0.29) is 18.6 Å². The Balaban J connectivity index is 1.25. The lowest BCUT2D eigenvalue weighted by Crippen LogP contribution is -2.38. The van der Waals surface area contributed by atoms with Crippen LogP contribution in [0.3, 0.4) is 0 Å². The first-order chi connectivity index (χ1) is 16.7. The lowest BCUT2D eigenvalue weighted by molar-refractivity contribution is 0.0868. The molecule has 1 aromatic carbocycles. The number of rotatable bonds is 6. The number of pyridine rings is 1. The fraction of sp³-hybridized carbons (Fsp3) is 0.280. The van der Waals surface area contributed by atoms with Crippen LogP contribution in [0.1, 0.15) is 35.6 Å². The topological polar surface area (TPSA) is 84.7 Å². The smallest absolute Gasteiger partial charge is 0.410 e. The van der Waals surface area contributed by atoms with Crippen molar-refractivity contribution in [3.05, 3.63) is 83.9 Å². The molecule has 4 aromatic rings. The summed E-state index contributed by atoms with van der Waals surface area (Å²) in [6, 6.07) is 15.7. The number of anilines is 1. The highest BCUT2D eigenvalue weighted by atomic mass is 16.6. The zero-order valence-electron chi connectivity index (χ0n) is 18.8. The quantitative estimate of drug-likeness (QED) is 0.453. The molecule has 0 saturated carbocycles. The molecule has 4 heterocycles. The van der Waals surface area contributed by atoms with Gasteiger partial charge in [0.05, 0.1) is 0 Å². The number of carbonyl (C=O) groups is 1. The molecule has 9 heteroatoms. The Morgan fingerprint density at radius 2 is 1.88 bits per heavy atom. The van der Waals surface area contributed by atoms with Gasteiger partial charge in [0.1, 0.15) is 25.9 Å². The molecule has 0 spiro atoms. The molecule has 2 radical (unpaired) electrons. The van der Waals surface area contributed by atoms with E-state index >= 15 is 0 Å². The van der Waals surface area contributed by atoms with Crippen LogP contribution in [0.4, 0.5) is 10.6 Å². The number of amides is 1. The van der Waals surface area contributed by atoms with Gasteiger partial charge >= 0.3 is 6.09 Å². The first-order valence-electron chi connectivity index (χ1n) is 11.4. The number of likely N-dealkylation sites (tertiary alicyclic amines) is 1. The Hall–Kier alpha value is -3.88. The van der Waals surface area contributed by atoms with Crippen molar-refractivity contribution in [3.63, 3.8) is 0 Å². The van der Waals surface area contributed by atoms with Crippen molar-refractivity contribution in [2.24, 2.45) is 0 Å². The van der Waals surface area contributed by atoms with E-state index in [2.05, 4.69) is 15.4 Å². The van der Waals surface area contributed by atoms with Crippen LogP contribution >= 0.6 is 0 Å². The molecule has 1 aliphatic rings. The third-order valence-electron chi connectivity index (χ3n) is 6.09. The van der Waals surface area contributed by atoms with Gasteiger partial charge in [-0.3, -0.25) is 4.98 Å². The second-order valence-corrected chi connectivity index (χ2v) is 8.42. The van der Waals surface area contributed by atoms with Crippen LogP contribution in [0.2, 0.25) is 0 Å². The molecule has 1 fully saturated rings. The minimum absolute atomic E-state index is 0.219. The first-order valence-corrected chi connectivity index (χ1v) is 11.4. The molecule has 3 aromatic heterocycles. The zero-order chi connectivity index (χ0) is 23.3. The standard InChI is InChI=1S/C25H25BN6O2/c26-21-16-29-32-23(28-15-19-7-4-10-27-14-19)13-22(30-24(21)32)20-8-11-31(12-9-20)25(33)34-17-18-5-2-1-3-6-18/h1-7,10,13-14,16,20,28H,8-9,11-12,15,17H2. The van der Waals surface area contributed by atoms with Crippen LogP contribution in [0.5, 0.6) is 0 Å². The summed E-state index contributed by atoms with van der Waals surface area (Å²) in [4.78, 5) is 23.3. The highest BCUT2D eigenvalue weighted by Crippen LogP contribution is 2.29. The third-order valence-corrected chi connectivity index (χ3v) is 6.09. The maximum Gasteiger partial charge on any atom is 0.410 e. The van der Waals surface area contributed by atoms with Gasteiger partial charge in [0, 0.05) is 55.9 Å². The van der Waals surface area contributed by atoms with Crippen LogP contribution in [0, 0.1) is 0 Å². The zero-order valence-corrected chi connectivity index (χ0v) is 18.8. The average Bonchev–Trinajstić information content (AvgIpc) is 3.28. The normalized spacial score (nSPS) is 14.3. The SMILES string of the molecule is [B]c1cnn2c(NCc3cccnc3)cc(C3CCN(C(=O)OCc4ccccc4)CC3)nc12. The number of hydrogen-bond donors (Lipinski definition) is 1. The Bertz CT molecular complexity index is 1260. The fourth-order valence-electron chi connectivity index (χ4n) is 4.20. The van der Waals surface area contributed by atoms with Gasteiger partial charge in [-0.25, -0.2) is 9.78 Å². The van der Waals surface area contributed by atoms with Crippen molar-refractivity contribution >= 4 is 30.9 Å². The van der Waals surface area contributed by atoms with Gasteiger partial charge in [-0.2, -0.15) is 9.61 Å². The molecule has 1 amide bonds. The molecule has 0 aliphatic carbocycles. The second kappa shape index (κ2) is 9.95. The molecule has 0 unspecified atom stereocenters. The summed E-state index contributed by atoms with van der Waals surface area (Å²) in [7, 11) is 6.14. The van der Waals surface area contributed by atoms with Crippen LogP contribution in [0.15, 0.2) is 67.1 Å². The van der Waals surface area contributed by atoms with Crippen molar-refractivity contribution in [3.8, 4) is 0 Å². The number of hydrogen-bond acceptors (Lipinski definition) is 6.